The first-order valence-electron chi connectivity index (χ1n) is 6.09. The fraction of sp³-hybridized carbons (Fsp3) is 0.385. The van der Waals surface area contributed by atoms with Crippen molar-refractivity contribution in [2.45, 2.75) is 25.6 Å². The molecule has 0 aromatic heterocycles. The molecule has 8 heteroatoms. The van der Waals surface area contributed by atoms with E-state index in [0.29, 0.717) is 12.0 Å². The average Bonchev–Trinajstić information content (AvgIpc) is 2.45. The van der Waals surface area contributed by atoms with Gasteiger partial charge in [-0.2, -0.15) is 0 Å². The summed E-state index contributed by atoms with van der Waals surface area (Å²) in [5, 5.41) is 30.4. The quantitative estimate of drug-likeness (QED) is 0.444. The van der Waals surface area contributed by atoms with E-state index in [1.165, 1.54) is 19.1 Å². The maximum atomic E-state index is 10.8. The van der Waals surface area contributed by atoms with Crippen LogP contribution in [0.4, 0.5) is 5.69 Å². The fourth-order valence-electron chi connectivity index (χ4n) is 1.72. The van der Waals surface area contributed by atoms with E-state index in [1.54, 1.807) is 0 Å². The zero-order valence-electron chi connectivity index (χ0n) is 11.3. The van der Waals surface area contributed by atoms with E-state index in [4.69, 9.17) is 0 Å². The number of aliphatic hydroxyl groups is 2. The van der Waals surface area contributed by atoms with Crippen LogP contribution in [0.15, 0.2) is 18.2 Å². The Kier molecular flexibility index (Phi) is 6.47. The lowest BCUT2D eigenvalue weighted by molar-refractivity contribution is -0.385. The Bertz CT molecular complexity index is 547. The van der Waals surface area contributed by atoms with E-state index < -0.39 is 17.1 Å². The van der Waals surface area contributed by atoms with E-state index >= 15 is 0 Å². The zero-order chi connectivity index (χ0) is 16.0. The van der Waals surface area contributed by atoms with Crippen LogP contribution in [0, 0.1) is 10.1 Å². The Hall–Kier alpha value is -1.77. The molecule has 0 amide bonds. The molecule has 0 saturated heterocycles. The van der Waals surface area contributed by atoms with Gasteiger partial charge in [0.05, 0.1) is 16.6 Å². The van der Waals surface area contributed by atoms with Crippen molar-refractivity contribution >= 4 is 28.9 Å². The summed E-state index contributed by atoms with van der Waals surface area (Å²) in [5.74, 6) is 0.348. The van der Waals surface area contributed by atoms with Crippen LogP contribution >= 0.6 is 11.8 Å². The predicted molar refractivity (Wildman–Crippen MR) is 77.2 cm³/mol. The lowest BCUT2D eigenvalue weighted by Gasteiger charge is -2.18. The van der Waals surface area contributed by atoms with Crippen LogP contribution in [-0.2, 0) is 4.79 Å². The van der Waals surface area contributed by atoms with Gasteiger partial charge in [-0.25, -0.2) is 0 Å². The second kappa shape index (κ2) is 7.87. The number of hydrogen-bond acceptors (Lipinski definition) is 7. The summed E-state index contributed by atoms with van der Waals surface area (Å²) in [7, 11) is 0. The van der Waals surface area contributed by atoms with Crippen molar-refractivity contribution in [3.8, 4) is 0 Å². The molecule has 1 rings (SSSR count). The highest BCUT2D eigenvalue weighted by atomic mass is 32.2. The molecule has 2 N–H and O–H groups in total. The first kappa shape index (κ1) is 17.3. The number of benzene rings is 1. The molecule has 0 aliphatic rings. The maximum Gasteiger partial charge on any atom is 0.279 e. The van der Waals surface area contributed by atoms with Crippen molar-refractivity contribution in [1.29, 1.82) is 0 Å². The molecule has 0 radical (unpaired) electrons. The third-order valence-electron chi connectivity index (χ3n) is 2.80. The zero-order valence-corrected chi connectivity index (χ0v) is 12.1. The summed E-state index contributed by atoms with van der Waals surface area (Å²) in [5.41, 5.74) is -0.313. The van der Waals surface area contributed by atoms with Crippen LogP contribution in [-0.4, -0.2) is 38.4 Å². The van der Waals surface area contributed by atoms with E-state index in [-0.39, 0.29) is 28.4 Å². The standard InChI is InChI=1S/C13H15NO6S/c1-8(16)21-5-4-12(17)13(18)9-2-3-11(14(19)20)10(6-9)7-15/h2-3,6-7,12-13,17-18H,4-5H2,1H3. The average molecular weight is 313 g/mol. The number of carbonyl (C=O) groups is 2. The molecule has 0 saturated carbocycles. The van der Waals surface area contributed by atoms with Crippen LogP contribution in [0.2, 0.25) is 0 Å². The molecule has 7 nitrogen and oxygen atoms in total. The molecule has 0 spiro atoms. The van der Waals surface area contributed by atoms with Gasteiger partial charge in [0.1, 0.15) is 6.10 Å². The molecule has 0 fully saturated rings. The van der Waals surface area contributed by atoms with Gasteiger partial charge in [-0.05, 0) is 24.1 Å². The van der Waals surface area contributed by atoms with Crippen molar-refractivity contribution in [3.63, 3.8) is 0 Å². The summed E-state index contributed by atoms with van der Waals surface area (Å²) >= 11 is 1.03. The molecule has 0 aliphatic carbocycles. The highest BCUT2D eigenvalue weighted by molar-refractivity contribution is 8.13. The summed E-state index contributed by atoms with van der Waals surface area (Å²) in [6.07, 6.45) is -1.90. The molecule has 0 bridgehead atoms. The lowest BCUT2D eigenvalue weighted by atomic mass is 10.00. The van der Waals surface area contributed by atoms with Gasteiger partial charge in [-0.15, -0.1) is 0 Å². The fourth-order valence-corrected chi connectivity index (χ4v) is 2.37. The number of hydrogen-bond donors (Lipinski definition) is 2. The van der Waals surface area contributed by atoms with Gasteiger partial charge < -0.3 is 10.2 Å². The highest BCUT2D eigenvalue weighted by Gasteiger charge is 2.21. The lowest BCUT2D eigenvalue weighted by Crippen LogP contribution is -2.19. The van der Waals surface area contributed by atoms with Gasteiger partial charge >= 0.3 is 0 Å². The Morgan fingerprint density at radius 2 is 2.14 bits per heavy atom. The molecule has 21 heavy (non-hydrogen) atoms. The highest BCUT2D eigenvalue weighted by Crippen LogP contribution is 2.25. The number of aldehydes is 1. The van der Waals surface area contributed by atoms with Gasteiger partial charge in [0.25, 0.3) is 5.69 Å². The molecule has 2 atom stereocenters. The van der Waals surface area contributed by atoms with E-state index in [2.05, 4.69) is 0 Å². The Morgan fingerprint density at radius 3 is 2.67 bits per heavy atom. The molecule has 0 heterocycles. The number of aliphatic hydroxyl groups excluding tert-OH is 2. The van der Waals surface area contributed by atoms with Gasteiger partial charge in [0.15, 0.2) is 11.4 Å². The monoisotopic (exact) mass is 313 g/mol. The Labute approximate surface area is 125 Å². The van der Waals surface area contributed by atoms with Crippen molar-refractivity contribution in [1.82, 2.24) is 0 Å². The molecule has 2 unspecified atom stereocenters. The second-order valence-electron chi connectivity index (χ2n) is 4.33. The SMILES string of the molecule is CC(=O)SCCC(O)C(O)c1ccc([N+](=O)[O-])c(C=O)c1. The number of nitrogens with zero attached hydrogens (tertiary/aromatic N) is 1. The number of nitro benzene ring substituents is 1. The molecule has 0 aliphatic heterocycles. The van der Waals surface area contributed by atoms with E-state index in [1.807, 2.05) is 0 Å². The van der Waals surface area contributed by atoms with Crippen LogP contribution in [0.5, 0.6) is 0 Å². The van der Waals surface area contributed by atoms with Gasteiger partial charge in [-0.1, -0.05) is 11.8 Å². The Morgan fingerprint density at radius 1 is 1.48 bits per heavy atom. The number of nitro groups is 1. The van der Waals surface area contributed by atoms with Crippen molar-refractivity contribution in [2.75, 3.05) is 5.75 Å². The third kappa shape index (κ3) is 4.92. The summed E-state index contributed by atoms with van der Waals surface area (Å²) in [6.45, 7) is 1.40. The maximum absolute atomic E-state index is 10.8. The second-order valence-corrected chi connectivity index (χ2v) is 5.61. The van der Waals surface area contributed by atoms with Crippen LogP contribution in [0.3, 0.4) is 0 Å². The summed E-state index contributed by atoms with van der Waals surface area (Å²) < 4.78 is 0. The van der Waals surface area contributed by atoms with Crippen molar-refractivity contribution in [3.05, 3.63) is 39.4 Å². The molecular formula is C13H15NO6S. The van der Waals surface area contributed by atoms with Crippen molar-refractivity contribution in [2.24, 2.45) is 0 Å². The van der Waals surface area contributed by atoms with E-state index in [9.17, 15) is 29.9 Å². The van der Waals surface area contributed by atoms with Gasteiger partial charge in [-0.3, -0.25) is 19.7 Å². The molecule has 114 valence electrons. The van der Waals surface area contributed by atoms with Gasteiger partial charge in [0, 0.05) is 18.7 Å². The van der Waals surface area contributed by atoms with Crippen LogP contribution in [0.25, 0.3) is 0 Å². The number of thioether (sulfide) groups is 1. The molecule has 1 aromatic rings. The normalized spacial score (nSPS) is 13.5. The Balaban J connectivity index is 2.82. The number of carbonyl (C=O) groups excluding carboxylic acids is 2. The smallest absolute Gasteiger partial charge is 0.279 e. The minimum atomic E-state index is -1.28. The first-order valence-corrected chi connectivity index (χ1v) is 7.08. The first-order chi connectivity index (χ1) is 9.86. The topological polar surface area (TPSA) is 118 Å². The largest absolute Gasteiger partial charge is 0.390 e. The minimum absolute atomic E-state index is 0.0877. The van der Waals surface area contributed by atoms with Crippen LogP contribution in [0.1, 0.15) is 35.4 Å². The predicted octanol–water partition coefficient (Wildman–Crippen LogP) is 1.47. The minimum Gasteiger partial charge on any atom is -0.390 e. The molecular weight excluding hydrogens is 298 g/mol. The van der Waals surface area contributed by atoms with Crippen molar-refractivity contribution < 1.29 is 24.7 Å². The summed E-state index contributed by atoms with van der Waals surface area (Å²) in [6, 6.07) is 3.58. The van der Waals surface area contributed by atoms with Gasteiger partial charge in [0.2, 0.25) is 0 Å². The third-order valence-corrected chi connectivity index (χ3v) is 3.65. The van der Waals surface area contributed by atoms with E-state index in [0.717, 1.165) is 17.8 Å². The summed E-state index contributed by atoms with van der Waals surface area (Å²) in [4.78, 5) is 31.6. The number of rotatable bonds is 7. The van der Waals surface area contributed by atoms with Crippen LogP contribution < -0.4 is 0 Å². The molecule has 1 aromatic carbocycles.